The Labute approximate surface area is 380 Å². The lowest BCUT2D eigenvalue weighted by atomic mass is 9.81. The fourth-order valence-corrected chi connectivity index (χ4v) is 10.3. The number of carbonyl (C=O) groups is 4. The van der Waals surface area contributed by atoms with E-state index in [0.717, 1.165) is 11.1 Å². The second kappa shape index (κ2) is 23.8. The summed E-state index contributed by atoms with van der Waals surface area (Å²) in [7, 11) is 3.07. The van der Waals surface area contributed by atoms with Gasteiger partial charge in [0.05, 0.1) is 37.1 Å². The summed E-state index contributed by atoms with van der Waals surface area (Å²) >= 11 is 0. The standard InChI is InChI=1S/C51H75NO12/c1-9-38-25-31(2)24-32(3)26-44(60-7)47-45(61-8)28-34(5)51(59,64-47)48(56)49(57)52-22-14-13-19-39(52)50(58)63-46(35(6)40(53)30-41(38)54)33(4)27-37-20-21-43(42(55)29-37)62-23-15-18-36-16-11-10-12-17-36/h10-12,15-18,25,27,32,34-35,37-40,42-47,53,55,59H,9,13-14,19-24,26,28-30H2,1-8H3. The summed E-state index contributed by atoms with van der Waals surface area (Å²) in [6.45, 7) is 11.6. The molecule has 356 valence electrons. The molecule has 3 heterocycles. The number of allylic oxidation sites excluding steroid dienone is 3. The molecule has 1 saturated carbocycles. The monoisotopic (exact) mass is 894 g/mol. The van der Waals surface area contributed by atoms with Crippen LogP contribution in [0.2, 0.25) is 0 Å². The van der Waals surface area contributed by atoms with Crippen LogP contribution in [0.25, 0.3) is 6.08 Å². The highest BCUT2D eigenvalue weighted by molar-refractivity contribution is 6.39. The lowest BCUT2D eigenvalue weighted by Crippen LogP contribution is -2.64. The van der Waals surface area contributed by atoms with Crippen LogP contribution in [-0.2, 0) is 42.9 Å². The van der Waals surface area contributed by atoms with Crippen LogP contribution in [0.1, 0.15) is 118 Å². The molecule has 0 spiro atoms. The van der Waals surface area contributed by atoms with Crippen LogP contribution in [0.15, 0.2) is 59.7 Å². The van der Waals surface area contributed by atoms with Gasteiger partial charge in [-0.2, -0.15) is 0 Å². The van der Waals surface area contributed by atoms with Gasteiger partial charge in [0.25, 0.3) is 11.7 Å². The third-order valence-corrected chi connectivity index (χ3v) is 14.1. The van der Waals surface area contributed by atoms with E-state index in [4.69, 9.17) is 23.7 Å². The molecule has 3 fully saturated rings. The van der Waals surface area contributed by atoms with E-state index in [-0.39, 0.29) is 49.5 Å². The number of Topliss-reactive ketones (excluding diaryl/α,β-unsaturated/α-hetero) is 2. The zero-order valence-corrected chi connectivity index (χ0v) is 39.4. The third kappa shape index (κ3) is 12.9. The maximum absolute atomic E-state index is 14.4. The van der Waals surface area contributed by atoms with Crippen molar-refractivity contribution in [2.75, 3.05) is 27.4 Å². The Morgan fingerprint density at radius 2 is 1.61 bits per heavy atom. The number of nitrogens with zero attached hydrogens (tertiary/aromatic N) is 1. The highest BCUT2D eigenvalue weighted by Gasteiger charge is 2.56. The number of piperidine rings is 1. The quantitative estimate of drug-likeness (QED) is 0.139. The van der Waals surface area contributed by atoms with Gasteiger partial charge in [-0.1, -0.05) is 87.9 Å². The Kier molecular flexibility index (Phi) is 19.1. The molecule has 64 heavy (non-hydrogen) atoms. The molecule has 1 aliphatic carbocycles. The number of methoxy groups -OCH3 is 2. The van der Waals surface area contributed by atoms with Crippen molar-refractivity contribution in [1.82, 2.24) is 4.90 Å². The van der Waals surface area contributed by atoms with Crippen molar-refractivity contribution >= 4 is 29.5 Å². The van der Waals surface area contributed by atoms with Crippen LogP contribution in [0.5, 0.6) is 0 Å². The van der Waals surface area contributed by atoms with E-state index in [0.29, 0.717) is 63.5 Å². The van der Waals surface area contributed by atoms with Gasteiger partial charge < -0.3 is 43.9 Å². The number of hydrogen-bond acceptors (Lipinski definition) is 12. The summed E-state index contributed by atoms with van der Waals surface area (Å²) in [6, 6.07) is 8.75. The first-order chi connectivity index (χ1) is 30.5. The van der Waals surface area contributed by atoms with Gasteiger partial charge in [-0.15, -0.1) is 0 Å². The molecule has 1 aromatic rings. The number of aliphatic hydroxyl groups excluding tert-OH is 2. The highest BCUT2D eigenvalue weighted by atomic mass is 16.7. The van der Waals surface area contributed by atoms with Crippen molar-refractivity contribution in [3.63, 3.8) is 0 Å². The van der Waals surface area contributed by atoms with Gasteiger partial charge in [-0.05, 0) is 101 Å². The van der Waals surface area contributed by atoms with Gasteiger partial charge in [-0.3, -0.25) is 14.4 Å². The summed E-state index contributed by atoms with van der Waals surface area (Å²) in [4.78, 5) is 58.2. The smallest absolute Gasteiger partial charge is 0.329 e. The van der Waals surface area contributed by atoms with Crippen molar-refractivity contribution in [3.8, 4) is 0 Å². The Morgan fingerprint density at radius 1 is 0.906 bits per heavy atom. The average Bonchev–Trinajstić information content (AvgIpc) is 3.28. The highest BCUT2D eigenvalue weighted by Crippen LogP contribution is 2.39. The molecule has 13 heteroatoms. The molecule has 0 radical (unpaired) electrons. The molecule has 14 unspecified atom stereocenters. The fourth-order valence-electron chi connectivity index (χ4n) is 10.3. The molecule has 2 bridgehead atoms. The van der Waals surface area contributed by atoms with E-state index in [2.05, 4.69) is 6.92 Å². The summed E-state index contributed by atoms with van der Waals surface area (Å²) in [5.74, 6) is -7.70. The lowest BCUT2D eigenvalue weighted by molar-refractivity contribution is -0.302. The number of cyclic esters (lactones) is 1. The van der Waals surface area contributed by atoms with Crippen molar-refractivity contribution in [3.05, 3.63) is 65.3 Å². The number of ether oxygens (including phenoxy) is 5. The van der Waals surface area contributed by atoms with E-state index in [1.54, 1.807) is 13.8 Å². The number of amides is 1. The van der Waals surface area contributed by atoms with Gasteiger partial charge in [0.1, 0.15) is 24.0 Å². The van der Waals surface area contributed by atoms with Crippen LogP contribution in [0.3, 0.4) is 0 Å². The van der Waals surface area contributed by atoms with Crippen LogP contribution < -0.4 is 0 Å². The van der Waals surface area contributed by atoms with Gasteiger partial charge >= 0.3 is 5.97 Å². The first-order valence-electron chi connectivity index (χ1n) is 23.6. The number of esters is 1. The van der Waals surface area contributed by atoms with Gasteiger partial charge in [0, 0.05) is 44.9 Å². The van der Waals surface area contributed by atoms with Crippen molar-refractivity contribution < 1.29 is 58.2 Å². The number of aliphatic hydroxyl groups is 3. The third-order valence-electron chi connectivity index (χ3n) is 14.1. The first kappa shape index (κ1) is 51.4. The molecule has 2 saturated heterocycles. The van der Waals surface area contributed by atoms with E-state index in [9.17, 15) is 34.5 Å². The van der Waals surface area contributed by atoms with Gasteiger partial charge in [0.2, 0.25) is 5.79 Å². The SMILES string of the molecule is CCC1C=C(C)CC(C)CC(OC)C2OC(O)(C(=O)C(=O)N3CCCCC3C(=O)OC(C(C)=CC3CCC(OCC=Cc4ccccc4)C(O)C3)C(C)C(O)CC1=O)C(C)CC2OC. The Bertz CT molecular complexity index is 1810. The molecular weight excluding hydrogens is 819 g/mol. The molecule has 3 aliphatic heterocycles. The predicted octanol–water partition coefficient (Wildman–Crippen LogP) is 6.56. The lowest BCUT2D eigenvalue weighted by Gasteiger charge is -2.47. The molecule has 13 nitrogen and oxygen atoms in total. The van der Waals surface area contributed by atoms with Crippen LogP contribution in [-0.4, -0.2) is 126 Å². The van der Waals surface area contributed by atoms with Crippen molar-refractivity contribution in [2.45, 2.75) is 167 Å². The summed E-state index contributed by atoms with van der Waals surface area (Å²) < 4.78 is 30.4. The van der Waals surface area contributed by atoms with Gasteiger partial charge in [-0.25, -0.2) is 4.79 Å². The summed E-state index contributed by atoms with van der Waals surface area (Å²) in [5, 5.41) is 35.0. The summed E-state index contributed by atoms with van der Waals surface area (Å²) in [6.07, 6.45) is 7.25. The first-order valence-corrected chi connectivity index (χ1v) is 23.6. The second-order valence-corrected chi connectivity index (χ2v) is 19.1. The van der Waals surface area contributed by atoms with Crippen LogP contribution in [0, 0.1) is 29.6 Å². The summed E-state index contributed by atoms with van der Waals surface area (Å²) in [5.41, 5.74) is 2.69. The Balaban J connectivity index is 1.43. The normalized spacial score (nSPS) is 37.1. The van der Waals surface area contributed by atoms with Crippen LogP contribution >= 0.6 is 0 Å². The van der Waals surface area contributed by atoms with Gasteiger partial charge in [0.15, 0.2) is 0 Å². The molecular formula is C51H75NO12. The number of benzene rings is 1. The van der Waals surface area contributed by atoms with E-state index >= 15 is 0 Å². The number of ketones is 2. The molecule has 3 N–H and O–H groups in total. The zero-order valence-electron chi connectivity index (χ0n) is 39.4. The predicted molar refractivity (Wildman–Crippen MR) is 242 cm³/mol. The largest absolute Gasteiger partial charge is 0.456 e. The van der Waals surface area contributed by atoms with E-state index in [1.807, 2.05) is 75.4 Å². The fraction of sp³-hybridized carbons (Fsp3) is 0.686. The minimum absolute atomic E-state index is 0.0259. The molecule has 1 aromatic carbocycles. The number of rotatable bonds is 9. The average molecular weight is 894 g/mol. The van der Waals surface area contributed by atoms with Crippen molar-refractivity contribution in [1.29, 1.82) is 0 Å². The maximum Gasteiger partial charge on any atom is 0.329 e. The number of fused-ring (bicyclic) bond motifs is 3. The molecule has 0 aromatic heterocycles. The maximum atomic E-state index is 14.4. The molecule has 5 rings (SSSR count). The van der Waals surface area contributed by atoms with Crippen LogP contribution in [0.4, 0.5) is 0 Å². The van der Waals surface area contributed by atoms with E-state index in [1.165, 1.54) is 19.1 Å². The molecule has 14 atom stereocenters. The molecule has 4 aliphatic rings. The number of hydrogen-bond donors (Lipinski definition) is 3. The van der Waals surface area contributed by atoms with Crippen molar-refractivity contribution in [2.24, 2.45) is 29.6 Å². The second-order valence-electron chi connectivity index (χ2n) is 19.1. The minimum Gasteiger partial charge on any atom is -0.456 e. The van der Waals surface area contributed by atoms with E-state index < -0.39 is 83.9 Å². The Hall–Kier alpha value is -3.56. The topological polar surface area (TPSA) is 178 Å². The molecule has 1 amide bonds. The Morgan fingerprint density at radius 3 is 2.28 bits per heavy atom. The number of carbonyl (C=O) groups excluding carboxylic acids is 4. The minimum atomic E-state index is -2.51. The zero-order chi connectivity index (χ0) is 46.7.